The first-order chi connectivity index (χ1) is 14.0. The summed E-state index contributed by atoms with van der Waals surface area (Å²) < 4.78 is 6.62. The molecule has 3 aromatic carbocycles. The highest BCUT2D eigenvalue weighted by molar-refractivity contribution is 5.90. The minimum absolute atomic E-state index is 0.287. The van der Waals surface area contributed by atoms with Gasteiger partial charge in [-0.25, -0.2) is 4.79 Å². The summed E-state index contributed by atoms with van der Waals surface area (Å²) in [5.41, 5.74) is 5.63. The van der Waals surface area contributed by atoms with Crippen LogP contribution < -0.4 is 4.74 Å². The Morgan fingerprint density at radius 2 is 1.76 bits per heavy atom. The van der Waals surface area contributed by atoms with Crippen molar-refractivity contribution in [1.29, 1.82) is 0 Å². The van der Waals surface area contributed by atoms with E-state index < -0.39 is 5.97 Å². The third-order valence-corrected chi connectivity index (χ3v) is 5.80. The van der Waals surface area contributed by atoms with Gasteiger partial charge < -0.3 is 9.84 Å². The van der Waals surface area contributed by atoms with Gasteiger partial charge in [0.05, 0.1) is 5.56 Å². The van der Waals surface area contributed by atoms with E-state index in [-0.39, 0.29) is 11.2 Å². The molecule has 0 saturated carbocycles. The van der Waals surface area contributed by atoms with Crippen LogP contribution >= 0.6 is 0 Å². The van der Waals surface area contributed by atoms with Gasteiger partial charge in [-0.15, -0.1) is 0 Å². The predicted molar refractivity (Wildman–Crippen MR) is 116 cm³/mol. The third-order valence-electron chi connectivity index (χ3n) is 5.80. The molecule has 1 aliphatic rings. The number of rotatable bonds is 5. The van der Waals surface area contributed by atoms with Crippen LogP contribution in [0.1, 0.15) is 47.3 Å². The number of carboxylic acids is 1. The Balaban J connectivity index is 1.66. The summed E-state index contributed by atoms with van der Waals surface area (Å²) in [6.07, 6.45) is 3.79. The van der Waals surface area contributed by atoms with Crippen LogP contribution in [0.5, 0.6) is 5.75 Å². The summed E-state index contributed by atoms with van der Waals surface area (Å²) in [6, 6.07) is 22.0. The number of benzene rings is 3. The molecule has 148 valence electrons. The van der Waals surface area contributed by atoms with Crippen molar-refractivity contribution in [2.24, 2.45) is 0 Å². The minimum atomic E-state index is -0.919. The fourth-order valence-electron chi connectivity index (χ4n) is 4.09. The Kier molecular flexibility index (Phi) is 5.14. The average Bonchev–Trinajstić information content (AvgIpc) is 2.73. The summed E-state index contributed by atoms with van der Waals surface area (Å²) in [4.78, 5) is 11.4. The Morgan fingerprint density at radius 1 is 1.03 bits per heavy atom. The molecular weight excluding hydrogens is 360 g/mol. The van der Waals surface area contributed by atoms with E-state index in [1.807, 2.05) is 18.2 Å². The lowest BCUT2D eigenvalue weighted by atomic mass is 9.85. The van der Waals surface area contributed by atoms with Crippen LogP contribution in [0, 0.1) is 0 Å². The predicted octanol–water partition coefficient (Wildman–Crippen LogP) is 5.94. The smallest absolute Gasteiger partial charge is 0.335 e. The molecule has 0 radical (unpaired) electrons. The zero-order valence-corrected chi connectivity index (χ0v) is 16.9. The minimum Gasteiger partial charge on any atom is -0.486 e. The van der Waals surface area contributed by atoms with Gasteiger partial charge in [-0.1, -0.05) is 61.5 Å². The number of carbonyl (C=O) groups is 1. The highest BCUT2D eigenvalue weighted by atomic mass is 16.5. The number of para-hydroxylation sites is 1. The van der Waals surface area contributed by atoms with Crippen LogP contribution in [-0.2, 0) is 19.3 Å². The van der Waals surface area contributed by atoms with Crippen molar-refractivity contribution in [3.05, 3.63) is 89.0 Å². The summed E-state index contributed by atoms with van der Waals surface area (Å²) in [5.74, 6) is -0.0353. The number of ether oxygens (including phenoxy) is 1. The van der Waals surface area contributed by atoms with Crippen LogP contribution in [0.3, 0.4) is 0 Å². The molecule has 0 bridgehead atoms. The highest BCUT2D eigenvalue weighted by Gasteiger charge is 2.33. The molecule has 0 aliphatic carbocycles. The van der Waals surface area contributed by atoms with Gasteiger partial charge in [0.2, 0.25) is 0 Å². The standard InChI is InChI=1S/C26H26O3/c1-3-18-10-12-19(13-11-18)17-26(2)15-14-20-6-5-9-23(24(20)29-26)21-7-4-8-22(16-21)25(27)28/h4-13,16H,3,14-15,17H2,1-2H3,(H,27,28)/t26-/m1/s1. The number of carboxylic acid groups (broad SMARTS) is 1. The molecule has 1 aliphatic heterocycles. The maximum atomic E-state index is 11.4. The molecule has 1 atom stereocenters. The Labute approximate surface area is 172 Å². The van der Waals surface area contributed by atoms with Gasteiger partial charge in [0.15, 0.2) is 0 Å². The van der Waals surface area contributed by atoms with E-state index in [1.165, 1.54) is 16.7 Å². The normalized spacial score (nSPS) is 18.0. The van der Waals surface area contributed by atoms with E-state index in [0.29, 0.717) is 0 Å². The first kappa shape index (κ1) is 19.3. The molecule has 3 heteroatoms. The molecule has 0 fully saturated rings. The monoisotopic (exact) mass is 386 g/mol. The van der Waals surface area contributed by atoms with E-state index in [2.05, 4.69) is 44.2 Å². The van der Waals surface area contributed by atoms with Gasteiger partial charge in [0, 0.05) is 12.0 Å². The van der Waals surface area contributed by atoms with Crippen molar-refractivity contribution in [1.82, 2.24) is 0 Å². The number of aromatic carboxylic acids is 1. The Bertz CT molecular complexity index is 1040. The third kappa shape index (κ3) is 4.04. The van der Waals surface area contributed by atoms with Crippen molar-refractivity contribution in [2.75, 3.05) is 0 Å². The van der Waals surface area contributed by atoms with E-state index in [1.54, 1.807) is 18.2 Å². The number of hydrogen-bond acceptors (Lipinski definition) is 2. The molecule has 0 aromatic heterocycles. The van der Waals surface area contributed by atoms with Crippen molar-refractivity contribution in [3.8, 4) is 16.9 Å². The second kappa shape index (κ2) is 7.75. The molecule has 1 N–H and O–H groups in total. The average molecular weight is 386 g/mol. The van der Waals surface area contributed by atoms with Crippen molar-refractivity contribution < 1.29 is 14.6 Å². The van der Waals surface area contributed by atoms with Crippen molar-refractivity contribution in [2.45, 2.75) is 45.1 Å². The molecule has 1 heterocycles. The van der Waals surface area contributed by atoms with E-state index in [4.69, 9.17) is 4.74 Å². The quantitative estimate of drug-likeness (QED) is 0.590. The van der Waals surface area contributed by atoms with Gasteiger partial charge in [-0.3, -0.25) is 0 Å². The van der Waals surface area contributed by atoms with E-state index >= 15 is 0 Å². The molecule has 4 rings (SSSR count). The van der Waals surface area contributed by atoms with Crippen LogP contribution in [0.2, 0.25) is 0 Å². The summed E-state index contributed by atoms with van der Waals surface area (Å²) in [6.45, 7) is 4.34. The molecule has 3 aromatic rings. The van der Waals surface area contributed by atoms with Crippen LogP contribution in [-0.4, -0.2) is 16.7 Å². The van der Waals surface area contributed by atoms with Crippen LogP contribution in [0.15, 0.2) is 66.7 Å². The lowest BCUT2D eigenvalue weighted by molar-refractivity contribution is 0.0660. The van der Waals surface area contributed by atoms with Gasteiger partial charge in [-0.2, -0.15) is 0 Å². The Morgan fingerprint density at radius 3 is 2.48 bits per heavy atom. The van der Waals surface area contributed by atoms with E-state index in [9.17, 15) is 9.90 Å². The van der Waals surface area contributed by atoms with Crippen LogP contribution in [0.25, 0.3) is 11.1 Å². The maximum Gasteiger partial charge on any atom is 0.335 e. The Hall–Kier alpha value is -3.07. The first-order valence-corrected chi connectivity index (χ1v) is 10.2. The summed E-state index contributed by atoms with van der Waals surface area (Å²) in [7, 11) is 0. The zero-order chi connectivity index (χ0) is 20.4. The number of fused-ring (bicyclic) bond motifs is 1. The molecule has 0 unspecified atom stereocenters. The first-order valence-electron chi connectivity index (χ1n) is 10.2. The summed E-state index contributed by atoms with van der Waals surface area (Å²) in [5, 5.41) is 9.35. The lowest BCUT2D eigenvalue weighted by Crippen LogP contribution is -2.38. The van der Waals surface area contributed by atoms with Crippen LogP contribution in [0.4, 0.5) is 0 Å². The lowest BCUT2D eigenvalue weighted by Gasteiger charge is -2.37. The topological polar surface area (TPSA) is 46.5 Å². The largest absolute Gasteiger partial charge is 0.486 e. The SMILES string of the molecule is CCc1ccc(C[C@@]2(C)CCc3cccc(-c4cccc(C(=O)O)c4)c3O2)cc1. The van der Waals surface area contributed by atoms with Crippen molar-refractivity contribution >= 4 is 5.97 Å². The van der Waals surface area contributed by atoms with Gasteiger partial charge in [0.25, 0.3) is 0 Å². The van der Waals surface area contributed by atoms with Gasteiger partial charge in [-0.05, 0) is 60.6 Å². The maximum absolute atomic E-state index is 11.4. The summed E-state index contributed by atoms with van der Waals surface area (Å²) >= 11 is 0. The second-order valence-electron chi connectivity index (χ2n) is 8.08. The zero-order valence-electron chi connectivity index (χ0n) is 16.9. The van der Waals surface area contributed by atoms with Gasteiger partial charge in [0.1, 0.15) is 11.4 Å². The number of hydrogen-bond donors (Lipinski definition) is 1. The highest BCUT2D eigenvalue weighted by Crippen LogP contribution is 2.42. The molecule has 0 saturated heterocycles. The molecule has 3 nitrogen and oxygen atoms in total. The molecule has 0 amide bonds. The molecule has 0 spiro atoms. The van der Waals surface area contributed by atoms with Gasteiger partial charge >= 0.3 is 5.97 Å². The fourth-order valence-corrected chi connectivity index (χ4v) is 4.09. The molecule has 29 heavy (non-hydrogen) atoms. The number of aryl methyl sites for hydroxylation is 2. The van der Waals surface area contributed by atoms with E-state index in [0.717, 1.165) is 42.6 Å². The molecular formula is C26H26O3. The second-order valence-corrected chi connectivity index (χ2v) is 8.08. The fraction of sp³-hybridized carbons (Fsp3) is 0.269. The van der Waals surface area contributed by atoms with Crippen molar-refractivity contribution in [3.63, 3.8) is 0 Å².